The third kappa shape index (κ3) is 6.10. The minimum absolute atomic E-state index is 0.0148. The van der Waals surface area contributed by atoms with Crippen LogP contribution in [0.2, 0.25) is 0 Å². The largest absolute Gasteiger partial charge is 0.493 e. The standard InChI is InChI=1S/C22H29NO3/c1-5-17(4)20-8-6-7-9-21(20)26-15-22(24)23-18-10-12-19(13-11-18)25-14-16(2)3/h6-13,16-17H,5,14-15H2,1-4H3,(H,23,24). The Hall–Kier alpha value is -2.49. The number of hydrogen-bond acceptors (Lipinski definition) is 3. The Bertz CT molecular complexity index is 695. The van der Waals surface area contributed by atoms with E-state index in [1.54, 1.807) is 0 Å². The second kappa shape index (κ2) is 9.85. The second-order valence-electron chi connectivity index (χ2n) is 6.91. The van der Waals surface area contributed by atoms with E-state index in [4.69, 9.17) is 9.47 Å². The molecule has 0 bridgehead atoms. The van der Waals surface area contributed by atoms with Crippen LogP contribution in [-0.4, -0.2) is 19.1 Å². The van der Waals surface area contributed by atoms with Crippen LogP contribution in [-0.2, 0) is 4.79 Å². The van der Waals surface area contributed by atoms with E-state index in [1.807, 2.05) is 42.5 Å². The first-order chi connectivity index (χ1) is 12.5. The molecule has 0 radical (unpaired) electrons. The average molecular weight is 355 g/mol. The van der Waals surface area contributed by atoms with Gasteiger partial charge in [-0.15, -0.1) is 0 Å². The smallest absolute Gasteiger partial charge is 0.262 e. The Balaban J connectivity index is 1.87. The molecule has 2 aromatic carbocycles. The first-order valence-electron chi connectivity index (χ1n) is 9.24. The summed E-state index contributed by atoms with van der Waals surface area (Å²) in [6.45, 7) is 9.17. The van der Waals surface area contributed by atoms with Crippen molar-refractivity contribution >= 4 is 11.6 Å². The molecule has 0 aromatic heterocycles. The highest BCUT2D eigenvalue weighted by Gasteiger charge is 2.11. The fourth-order valence-electron chi connectivity index (χ4n) is 2.48. The molecule has 0 saturated heterocycles. The summed E-state index contributed by atoms with van der Waals surface area (Å²) in [5.41, 5.74) is 1.86. The molecule has 1 atom stereocenters. The zero-order chi connectivity index (χ0) is 18.9. The molecule has 1 unspecified atom stereocenters. The fraction of sp³-hybridized carbons (Fsp3) is 0.409. The molecule has 1 amide bonds. The van der Waals surface area contributed by atoms with Gasteiger partial charge < -0.3 is 14.8 Å². The molecule has 4 nitrogen and oxygen atoms in total. The minimum atomic E-state index is -0.181. The molecule has 0 aliphatic carbocycles. The molecule has 0 spiro atoms. The summed E-state index contributed by atoms with van der Waals surface area (Å²) in [6.07, 6.45) is 1.03. The average Bonchev–Trinajstić information content (AvgIpc) is 2.65. The van der Waals surface area contributed by atoms with Gasteiger partial charge in [0.2, 0.25) is 0 Å². The van der Waals surface area contributed by atoms with E-state index in [2.05, 4.69) is 39.1 Å². The van der Waals surface area contributed by atoms with Gasteiger partial charge in [0.1, 0.15) is 11.5 Å². The van der Waals surface area contributed by atoms with E-state index >= 15 is 0 Å². The lowest BCUT2D eigenvalue weighted by molar-refractivity contribution is -0.118. The number of para-hydroxylation sites is 1. The Labute approximate surface area is 156 Å². The molecule has 0 fully saturated rings. The van der Waals surface area contributed by atoms with E-state index in [0.717, 1.165) is 29.2 Å². The quantitative estimate of drug-likeness (QED) is 0.668. The topological polar surface area (TPSA) is 47.6 Å². The van der Waals surface area contributed by atoms with Crippen molar-refractivity contribution in [3.05, 3.63) is 54.1 Å². The first-order valence-corrected chi connectivity index (χ1v) is 9.24. The van der Waals surface area contributed by atoms with Crippen molar-refractivity contribution in [1.82, 2.24) is 0 Å². The SMILES string of the molecule is CCC(C)c1ccccc1OCC(=O)Nc1ccc(OCC(C)C)cc1. The number of nitrogens with one attached hydrogen (secondary N) is 1. The minimum Gasteiger partial charge on any atom is -0.493 e. The lowest BCUT2D eigenvalue weighted by atomic mass is 9.98. The molecule has 0 saturated carbocycles. The maximum Gasteiger partial charge on any atom is 0.262 e. The van der Waals surface area contributed by atoms with Crippen LogP contribution < -0.4 is 14.8 Å². The Morgan fingerprint density at radius 3 is 2.35 bits per heavy atom. The highest BCUT2D eigenvalue weighted by Crippen LogP contribution is 2.28. The van der Waals surface area contributed by atoms with Crippen LogP contribution in [0.5, 0.6) is 11.5 Å². The summed E-state index contributed by atoms with van der Waals surface area (Å²) in [4.78, 5) is 12.2. The predicted octanol–water partition coefficient (Wildman–Crippen LogP) is 5.25. The van der Waals surface area contributed by atoms with Gasteiger partial charge in [0.25, 0.3) is 5.91 Å². The maximum atomic E-state index is 12.2. The molecule has 4 heteroatoms. The van der Waals surface area contributed by atoms with Gasteiger partial charge in [-0.2, -0.15) is 0 Å². The molecule has 1 N–H and O–H groups in total. The summed E-state index contributed by atoms with van der Waals surface area (Å²) >= 11 is 0. The van der Waals surface area contributed by atoms with Gasteiger partial charge >= 0.3 is 0 Å². The number of rotatable bonds is 9. The van der Waals surface area contributed by atoms with Crippen molar-refractivity contribution in [3.8, 4) is 11.5 Å². The fourth-order valence-corrected chi connectivity index (χ4v) is 2.48. The number of carbonyl (C=O) groups excluding carboxylic acids is 1. The van der Waals surface area contributed by atoms with E-state index in [0.29, 0.717) is 18.4 Å². The summed E-state index contributed by atoms with van der Waals surface area (Å²) in [7, 11) is 0. The molecule has 2 aromatic rings. The summed E-state index contributed by atoms with van der Waals surface area (Å²) in [5.74, 6) is 2.27. The van der Waals surface area contributed by atoms with Crippen LogP contribution in [0.3, 0.4) is 0 Å². The Morgan fingerprint density at radius 1 is 1.00 bits per heavy atom. The van der Waals surface area contributed by atoms with Crippen molar-refractivity contribution in [2.75, 3.05) is 18.5 Å². The second-order valence-corrected chi connectivity index (χ2v) is 6.91. The summed E-state index contributed by atoms with van der Waals surface area (Å²) < 4.78 is 11.4. The van der Waals surface area contributed by atoms with Gasteiger partial charge in [-0.05, 0) is 54.2 Å². The number of ether oxygens (including phenoxy) is 2. The van der Waals surface area contributed by atoms with Crippen LogP contribution in [0.15, 0.2) is 48.5 Å². The van der Waals surface area contributed by atoms with E-state index < -0.39 is 0 Å². The van der Waals surface area contributed by atoms with E-state index in [-0.39, 0.29) is 12.5 Å². The molecular formula is C22H29NO3. The normalized spacial score (nSPS) is 11.9. The number of benzene rings is 2. The zero-order valence-corrected chi connectivity index (χ0v) is 16.1. The molecule has 0 aliphatic rings. The molecule has 0 heterocycles. The lowest BCUT2D eigenvalue weighted by Gasteiger charge is -2.15. The highest BCUT2D eigenvalue weighted by molar-refractivity contribution is 5.91. The zero-order valence-electron chi connectivity index (χ0n) is 16.1. The van der Waals surface area contributed by atoms with Gasteiger partial charge in [-0.1, -0.05) is 45.9 Å². The third-order valence-corrected chi connectivity index (χ3v) is 4.14. The monoisotopic (exact) mass is 355 g/mol. The van der Waals surface area contributed by atoms with Crippen molar-refractivity contribution < 1.29 is 14.3 Å². The number of anilines is 1. The van der Waals surface area contributed by atoms with Gasteiger partial charge in [0, 0.05) is 5.69 Å². The predicted molar refractivity (Wildman–Crippen MR) is 106 cm³/mol. The van der Waals surface area contributed by atoms with Gasteiger partial charge in [0.05, 0.1) is 6.61 Å². The summed E-state index contributed by atoms with van der Waals surface area (Å²) in [5, 5.41) is 2.85. The van der Waals surface area contributed by atoms with Crippen molar-refractivity contribution in [1.29, 1.82) is 0 Å². The molecule has 140 valence electrons. The van der Waals surface area contributed by atoms with E-state index in [9.17, 15) is 4.79 Å². The molecular weight excluding hydrogens is 326 g/mol. The van der Waals surface area contributed by atoms with Gasteiger partial charge in [-0.3, -0.25) is 4.79 Å². The molecule has 26 heavy (non-hydrogen) atoms. The van der Waals surface area contributed by atoms with Crippen LogP contribution in [0.4, 0.5) is 5.69 Å². The first kappa shape index (κ1) is 19.8. The number of carbonyl (C=O) groups is 1. The molecule has 2 rings (SSSR count). The van der Waals surface area contributed by atoms with Crippen LogP contribution in [0, 0.1) is 5.92 Å². The summed E-state index contributed by atoms with van der Waals surface area (Å²) in [6, 6.07) is 15.3. The van der Waals surface area contributed by atoms with Crippen molar-refractivity contribution in [3.63, 3.8) is 0 Å². The van der Waals surface area contributed by atoms with Crippen LogP contribution in [0.25, 0.3) is 0 Å². The van der Waals surface area contributed by atoms with E-state index in [1.165, 1.54) is 0 Å². The van der Waals surface area contributed by atoms with Crippen molar-refractivity contribution in [2.24, 2.45) is 5.92 Å². The van der Waals surface area contributed by atoms with Gasteiger partial charge in [0.15, 0.2) is 6.61 Å². The number of amides is 1. The van der Waals surface area contributed by atoms with Crippen molar-refractivity contribution in [2.45, 2.75) is 40.0 Å². The van der Waals surface area contributed by atoms with Crippen LogP contribution in [0.1, 0.15) is 45.6 Å². The third-order valence-electron chi connectivity index (χ3n) is 4.14. The Kier molecular flexibility index (Phi) is 7.52. The number of hydrogen-bond donors (Lipinski definition) is 1. The van der Waals surface area contributed by atoms with Gasteiger partial charge in [-0.25, -0.2) is 0 Å². The molecule has 0 aliphatic heterocycles. The maximum absolute atomic E-state index is 12.2. The Morgan fingerprint density at radius 2 is 1.69 bits per heavy atom. The van der Waals surface area contributed by atoms with Crippen LogP contribution >= 0.6 is 0 Å². The lowest BCUT2D eigenvalue weighted by Crippen LogP contribution is -2.20. The highest BCUT2D eigenvalue weighted by atomic mass is 16.5.